The first-order valence-electron chi connectivity index (χ1n) is 9.98. The van der Waals surface area contributed by atoms with Crippen LogP contribution in [0.5, 0.6) is 11.5 Å². The van der Waals surface area contributed by atoms with E-state index in [4.69, 9.17) is 9.47 Å². The van der Waals surface area contributed by atoms with Gasteiger partial charge in [0.05, 0.1) is 20.5 Å². The minimum Gasteiger partial charge on any atom is -0.497 e. The van der Waals surface area contributed by atoms with Crippen molar-refractivity contribution in [3.05, 3.63) is 78.4 Å². The second-order valence-electron chi connectivity index (χ2n) is 7.25. The summed E-state index contributed by atoms with van der Waals surface area (Å²) < 4.78 is 12.7. The summed E-state index contributed by atoms with van der Waals surface area (Å²) in [5, 5.41) is 0. The molecule has 1 heterocycles. The van der Waals surface area contributed by atoms with Crippen molar-refractivity contribution in [2.24, 2.45) is 5.92 Å². The van der Waals surface area contributed by atoms with Gasteiger partial charge in [0.1, 0.15) is 11.5 Å². The lowest BCUT2D eigenvalue weighted by Gasteiger charge is -2.18. The molecule has 0 aliphatic rings. The summed E-state index contributed by atoms with van der Waals surface area (Å²) in [6, 6.07) is 16.9. The Labute approximate surface area is 168 Å². The van der Waals surface area contributed by atoms with Crippen molar-refractivity contribution in [2.75, 3.05) is 14.2 Å². The van der Waals surface area contributed by atoms with Crippen molar-refractivity contribution in [1.29, 1.82) is 0 Å². The van der Waals surface area contributed by atoms with Crippen LogP contribution in [0.3, 0.4) is 0 Å². The van der Waals surface area contributed by atoms with Crippen LogP contribution >= 0.6 is 0 Å². The Bertz CT molecular complexity index is 796. The summed E-state index contributed by atoms with van der Waals surface area (Å²) >= 11 is 0. The van der Waals surface area contributed by atoms with Gasteiger partial charge >= 0.3 is 0 Å². The van der Waals surface area contributed by atoms with E-state index < -0.39 is 0 Å². The largest absolute Gasteiger partial charge is 0.497 e. The molecule has 28 heavy (non-hydrogen) atoms. The molecule has 0 bridgehead atoms. The van der Waals surface area contributed by atoms with Crippen molar-refractivity contribution < 1.29 is 9.47 Å². The number of benzene rings is 2. The topological polar surface area (TPSA) is 36.3 Å². The zero-order valence-corrected chi connectivity index (χ0v) is 16.9. The van der Waals surface area contributed by atoms with E-state index in [2.05, 4.69) is 40.0 Å². The molecule has 0 amide bonds. The SMILES string of the molecule is COc1ccc(CCCC(CCc2ccc(OC)cc2)Cn2ccnc2)cc1. The van der Waals surface area contributed by atoms with Crippen molar-refractivity contribution in [2.45, 2.75) is 38.6 Å². The highest BCUT2D eigenvalue weighted by molar-refractivity contribution is 5.28. The zero-order chi connectivity index (χ0) is 19.6. The number of hydrogen-bond acceptors (Lipinski definition) is 3. The number of methoxy groups -OCH3 is 2. The van der Waals surface area contributed by atoms with Gasteiger partial charge in [-0.1, -0.05) is 24.3 Å². The van der Waals surface area contributed by atoms with Gasteiger partial charge < -0.3 is 14.0 Å². The Morgan fingerprint density at radius 2 is 1.43 bits per heavy atom. The standard InChI is InChI=1S/C24H30N2O2/c1-27-23-12-8-20(9-13-23)4-3-5-22(18-26-17-16-25-19-26)7-6-21-10-14-24(28-2)15-11-21/h8-17,19,22H,3-7,18H2,1-2H3. The lowest BCUT2D eigenvalue weighted by Crippen LogP contribution is -2.11. The first kappa shape index (κ1) is 20.0. The van der Waals surface area contributed by atoms with Gasteiger partial charge in [0.25, 0.3) is 0 Å². The van der Waals surface area contributed by atoms with Gasteiger partial charge in [-0.2, -0.15) is 0 Å². The van der Waals surface area contributed by atoms with Crippen LogP contribution in [0.15, 0.2) is 67.3 Å². The predicted octanol–water partition coefficient (Wildman–Crippen LogP) is 5.17. The van der Waals surface area contributed by atoms with Gasteiger partial charge in [-0.3, -0.25) is 0 Å². The van der Waals surface area contributed by atoms with Crippen molar-refractivity contribution in [1.82, 2.24) is 9.55 Å². The van der Waals surface area contributed by atoms with Gasteiger partial charge in [0.2, 0.25) is 0 Å². The third kappa shape index (κ3) is 6.15. The Morgan fingerprint density at radius 1 is 0.821 bits per heavy atom. The fourth-order valence-electron chi connectivity index (χ4n) is 3.57. The lowest BCUT2D eigenvalue weighted by atomic mass is 9.93. The van der Waals surface area contributed by atoms with Crippen LogP contribution in [0.4, 0.5) is 0 Å². The highest BCUT2D eigenvalue weighted by atomic mass is 16.5. The lowest BCUT2D eigenvalue weighted by molar-refractivity contribution is 0.378. The molecule has 2 aromatic carbocycles. The fourth-order valence-corrected chi connectivity index (χ4v) is 3.57. The maximum Gasteiger partial charge on any atom is 0.118 e. The number of aryl methyl sites for hydroxylation is 2. The summed E-state index contributed by atoms with van der Waals surface area (Å²) in [6.07, 6.45) is 11.6. The average Bonchev–Trinajstić information content (AvgIpc) is 3.26. The van der Waals surface area contributed by atoms with Gasteiger partial charge in [-0.15, -0.1) is 0 Å². The number of hydrogen-bond donors (Lipinski definition) is 0. The number of imidazole rings is 1. The monoisotopic (exact) mass is 378 g/mol. The summed E-state index contributed by atoms with van der Waals surface area (Å²) in [7, 11) is 3.41. The predicted molar refractivity (Wildman–Crippen MR) is 113 cm³/mol. The van der Waals surface area contributed by atoms with Crippen LogP contribution in [0.1, 0.15) is 30.4 Å². The molecule has 0 saturated heterocycles. The number of rotatable bonds is 11. The highest BCUT2D eigenvalue weighted by Gasteiger charge is 2.11. The summed E-state index contributed by atoms with van der Waals surface area (Å²) in [4.78, 5) is 4.19. The van der Waals surface area contributed by atoms with Gasteiger partial charge in [-0.05, 0) is 73.4 Å². The molecule has 1 aromatic heterocycles. The minimum atomic E-state index is 0.634. The van der Waals surface area contributed by atoms with Crippen LogP contribution < -0.4 is 9.47 Å². The molecule has 0 N–H and O–H groups in total. The first-order chi connectivity index (χ1) is 13.8. The quantitative estimate of drug-likeness (QED) is 0.462. The molecule has 0 aliphatic heterocycles. The molecule has 0 aliphatic carbocycles. The van der Waals surface area contributed by atoms with E-state index in [1.165, 1.54) is 30.4 Å². The summed E-state index contributed by atoms with van der Waals surface area (Å²) in [6.45, 7) is 1.03. The number of aromatic nitrogens is 2. The maximum absolute atomic E-state index is 5.26. The van der Waals surface area contributed by atoms with Gasteiger partial charge in [0.15, 0.2) is 0 Å². The molecule has 0 fully saturated rings. The Balaban J connectivity index is 1.53. The van der Waals surface area contributed by atoms with E-state index in [1.807, 2.05) is 36.8 Å². The second kappa shape index (κ2) is 10.5. The van der Waals surface area contributed by atoms with E-state index in [1.54, 1.807) is 14.2 Å². The fraction of sp³-hybridized carbons (Fsp3) is 0.375. The molecule has 0 radical (unpaired) electrons. The molecule has 3 aromatic rings. The van der Waals surface area contributed by atoms with Gasteiger partial charge in [-0.25, -0.2) is 4.98 Å². The summed E-state index contributed by atoms with van der Waals surface area (Å²) in [5.74, 6) is 2.47. The van der Waals surface area contributed by atoms with E-state index in [0.717, 1.165) is 30.9 Å². The van der Waals surface area contributed by atoms with Crippen molar-refractivity contribution in [3.8, 4) is 11.5 Å². The van der Waals surface area contributed by atoms with E-state index >= 15 is 0 Å². The Hall–Kier alpha value is -2.75. The molecular formula is C24H30N2O2. The molecule has 4 heteroatoms. The average molecular weight is 379 g/mol. The molecular weight excluding hydrogens is 348 g/mol. The number of ether oxygens (including phenoxy) is 2. The minimum absolute atomic E-state index is 0.634. The van der Waals surface area contributed by atoms with Crippen LogP contribution in [0.25, 0.3) is 0 Å². The van der Waals surface area contributed by atoms with E-state index in [9.17, 15) is 0 Å². The van der Waals surface area contributed by atoms with Crippen LogP contribution in [-0.4, -0.2) is 23.8 Å². The first-order valence-corrected chi connectivity index (χ1v) is 9.98. The smallest absolute Gasteiger partial charge is 0.118 e. The molecule has 0 saturated carbocycles. The third-order valence-electron chi connectivity index (χ3n) is 5.27. The molecule has 0 spiro atoms. The number of nitrogens with zero attached hydrogens (tertiary/aromatic N) is 2. The summed E-state index contributed by atoms with van der Waals surface area (Å²) in [5.41, 5.74) is 2.74. The van der Waals surface area contributed by atoms with Crippen molar-refractivity contribution in [3.63, 3.8) is 0 Å². The van der Waals surface area contributed by atoms with E-state index in [0.29, 0.717) is 5.92 Å². The third-order valence-corrected chi connectivity index (χ3v) is 5.27. The van der Waals surface area contributed by atoms with Crippen LogP contribution in [0.2, 0.25) is 0 Å². The van der Waals surface area contributed by atoms with Crippen LogP contribution in [0, 0.1) is 5.92 Å². The van der Waals surface area contributed by atoms with E-state index in [-0.39, 0.29) is 0 Å². The molecule has 4 nitrogen and oxygen atoms in total. The van der Waals surface area contributed by atoms with Crippen molar-refractivity contribution >= 4 is 0 Å². The molecule has 1 unspecified atom stereocenters. The Kier molecular flexibility index (Phi) is 7.53. The molecule has 1 atom stereocenters. The molecule has 148 valence electrons. The highest BCUT2D eigenvalue weighted by Crippen LogP contribution is 2.21. The Morgan fingerprint density at radius 3 is 1.96 bits per heavy atom. The van der Waals surface area contributed by atoms with Gasteiger partial charge in [0, 0.05) is 18.9 Å². The zero-order valence-electron chi connectivity index (χ0n) is 16.9. The normalized spacial score (nSPS) is 11.9. The van der Waals surface area contributed by atoms with Crippen LogP contribution in [-0.2, 0) is 19.4 Å². The molecule has 3 rings (SSSR count). The maximum atomic E-state index is 5.26. The second-order valence-corrected chi connectivity index (χ2v) is 7.25.